The first-order valence-electron chi connectivity index (χ1n) is 6.82. The molecule has 0 unspecified atom stereocenters. The molecule has 1 saturated heterocycles. The van der Waals surface area contributed by atoms with Gasteiger partial charge in [-0.1, -0.05) is 5.16 Å². The zero-order valence-electron chi connectivity index (χ0n) is 12.1. The van der Waals surface area contributed by atoms with Crippen molar-refractivity contribution in [1.82, 2.24) is 10.2 Å². The molecule has 0 aromatic carbocycles. The first-order chi connectivity index (χ1) is 8.87. The van der Waals surface area contributed by atoms with Crippen LogP contribution in [0.15, 0.2) is 5.16 Å². The molecule has 6 heteroatoms. The first kappa shape index (κ1) is 15.8. The maximum atomic E-state index is 12.0. The van der Waals surface area contributed by atoms with Crippen molar-refractivity contribution in [3.05, 3.63) is 0 Å². The van der Waals surface area contributed by atoms with E-state index < -0.39 is 5.41 Å². The van der Waals surface area contributed by atoms with Crippen LogP contribution < -0.4 is 11.1 Å². The van der Waals surface area contributed by atoms with Crippen LogP contribution in [0.1, 0.15) is 33.1 Å². The number of hydrogen-bond acceptors (Lipinski definition) is 4. The number of rotatable bonds is 5. The van der Waals surface area contributed by atoms with Gasteiger partial charge < -0.3 is 21.2 Å². The van der Waals surface area contributed by atoms with Crippen LogP contribution in [0.5, 0.6) is 0 Å². The number of carbonyl (C=O) groups excluding carboxylic acids is 1. The van der Waals surface area contributed by atoms with Crippen LogP contribution in [0.25, 0.3) is 0 Å². The Kier molecular flexibility index (Phi) is 5.60. The average molecular weight is 270 g/mol. The van der Waals surface area contributed by atoms with Gasteiger partial charge in [0, 0.05) is 6.54 Å². The van der Waals surface area contributed by atoms with E-state index in [-0.39, 0.29) is 11.7 Å². The van der Waals surface area contributed by atoms with E-state index in [4.69, 9.17) is 10.9 Å². The lowest BCUT2D eigenvalue weighted by Crippen LogP contribution is -2.46. The molecule has 1 amide bonds. The van der Waals surface area contributed by atoms with E-state index in [1.54, 1.807) is 13.8 Å². The molecule has 19 heavy (non-hydrogen) atoms. The van der Waals surface area contributed by atoms with E-state index in [2.05, 4.69) is 22.4 Å². The Bertz CT molecular complexity index is 334. The summed E-state index contributed by atoms with van der Waals surface area (Å²) in [4.78, 5) is 14.3. The highest BCUT2D eigenvalue weighted by Crippen LogP contribution is 2.19. The lowest BCUT2D eigenvalue weighted by molar-refractivity contribution is -0.126. The van der Waals surface area contributed by atoms with Crippen molar-refractivity contribution in [3.8, 4) is 0 Å². The number of nitrogens with zero attached hydrogens (tertiary/aromatic N) is 2. The fraction of sp³-hybridized carbons (Fsp3) is 0.846. The summed E-state index contributed by atoms with van der Waals surface area (Å²) in [6.07, 6.45) is 3.37. The normalized spacial score (nSPS) is 19.4. The summed E-state index contributed by atoms with van der Waals surface area (Å²) in [7, 11) is 2.14. The molecule has 0 atom stereocenters. The van der Waals surface area contributed by atoms with Crippen molar-refractivity contribution < 1.29 is 10.0 Å². The third-order valence-corrected chi connectivity index (χ3v) is 3.99. The van der Waals surface area contributed by atoms with Gasteiger partial charge in [0.2, 0.25) is 5.91 Å². The third-order valence-electron chi connectivity index (χ3n) is 3.99. The maximum Gasteiger partial charge on any atom is 0.233 e. The molecule has 0 radical (unpaired) electrons. The van der Waals surface area contributed by atoms with Gasteiger partial charge in [0.15, 0.2) is 5.84 Å². The number of amides is 1. The molecule has 0 bridgehead atoms. The largest absolute Gasteiger partial charge is 0.409 e. The minimum atomic E-state index is -0.971. The Morgan fingerprint density at radius 2 is 2.05 bits per heavy atom. The second kappa shape index (κ2) is 6.75. The third kappa shape index (κ3) is 4.38. The van der Waals surface area contributed by atoms with Gasteiger partial charge in [-0.25, -0.2) is 0 Å². The van der Waals surface area contributed by atoms with Crippen molar-refractivity contribution >= 4 is 11.7 Å². The molecule has 0 saturated carbocycles. The fourth-order valence-electron chi connectivity index (χ4n) is 2.20. The maximum absolute atomic E-state index is 12.0. The van der Waals surface area contributed by atoms with Gasteiger partial charge in [-0.05, 0) is 59.2 Å². The van der Waals surface area contributed by atoms with E-state index in [1.807, 2.05) is 0 Å². The fourth-order valence-corrected chi connectivity index (χ4v) is 2.20. The molecular weight excluding hydrogens is 244 g/mol. The van der Waals surface area contributed by atoms with E-state index in [0.717, 1.165) is 19.5 Å². The summed E-state index contributed by atoms with van der Waals surface area (Å²) in [6.45, 7) is 6.21. The number of hydrogen-bond donors (Lipinski definition) is 3. The number of oxime groups is 1. The predicted molar refractivity (Wildman–Crippen MR) is 75.0 cm³/mol. The van der Waals surface area contributed by atoms with E-state index in [0.29, 0.717) is 12.5 Å². The summed E-state index contributed by atoms with van der Waals surface area (Å²) in [5.41, 5.74) is 4.54. The summed E-state index contributed by atoms with van der Waals surface area (Å²) in [5.74, 6) is 0.420. The SMILES string of the molecule is CN1CCC(CCNC(=O)C(C)(C)C(N)=NO)CC1. The molecule has 4 N–H and O–H groups in total. The van der Waals surface area contributed by atoms with Gasteiger partial charge >= 0.3 is 0 Å². The molecule has 1 aliphatic rings. The lowest BCUT2D eigenvalue weighted by atomic mass is 9.90. The number of nitrogens with two attached hydrogens (primary N) is 1. The lowest BCUT2D eigenvalue weighted by Gasteiger charge is -2.29. The highest BCUT2D eigenvalue weighted by Gasteiger charge is 2.32. The van der Waals surface area contributed by atoms with Crippen molar-refractivity contribution in [2.24, 2.45) is 22.2 Å². The molecule has 1 fully saturated rings. The summed E-state index contributed by atoms with van der Waals surface area (Å²) in [6, 6.07) is 0. The number of piperidine rings is 1. The van der Waals surface area contributed by atoms with Gasteiger partial charge in [0.1, 0.15) is 5.41 Å². The number of nitrogens with one attached hydrogen (secondary N) is 1. The molecule has 0 aromatic heterocycles. The molecule has 110 valence electrons. The Hall–Kier alpha value is -1.30. The number of carbonyl (C=O) groups is 1. The van der Waals surface area contributed by atoms with Gasteiger partial charge in [0.25, 0.3) is 0 Å². The Labute approximate surface area is 115 Å². The first-order valence-corrected chi connectivity index (χ1v) is 6.82. The van der Waals surface area contributed by atoms with E-state index in [1.165, 1.54) is 12.8 Å². The monoisotopic (exact) mass is 270 g/mol. The van der Waals surface area contributed by atoms with Crippen molar-refractivity contribution in [3.63, 3.8) is 0 Å². The van der Waals surface area contributed by atoms with Crippen LogP contribution in [-0.2, 0) is 4.79 Å². The molecule has 1 rings (SSSR count). The Morgan fingerprint density at radius 1 is 1.47 bits per heavy atom. The minimum Gasteiger partial charge on any atom is -0.409 e. The second-order valence-electron chi connectivity index (χ2n) is 5.90. The summed E-state index contributed by atoms with van der Waals surface area (Å²) < 4.78 is 0. The quantitative estimate of drug-likeness (QED) is 0.295. The molecule has 1 aliphatic heterocycles. The Balaban J connectivity index is 2.31. The van der Waals surface area contributed by atoms with Gasteiger partial charge in [-0.2, -0.15) is 0 Å². The van der Waals surface area contributed by atoms with E-state index >= 15 is 0 Å². The second-order valence-corrected chi connectivity index (χ2v) is 5.90. The number of likely N-dealkylation sites (tertiary alicyclic amines) is 1. The van der Waals surface area contributed by atoms with Crippen LogP contribution in [0.3, 0.4) is 0 Å². The summed E-state index contributed by atoms with van der Waals surface area (Å²) in [5, 5.41) is 14.4. The van der Waals surface area contributed by atoms with Crippen LogP contribution in [-0.4, -0.2) is 48.5 Å². The highest BCUT2D eigenvalue weighted by molar-refractivity contribution is 6.05. The molecule has 0 aliphatic carbocycles. The van der Waals surface area contributed by atoms with Crippen molar-refractivity contribution in [2.45, 2.75) is 33.1 Å². The van der Waals surface area contributed by atoms with Crippen LogP contribution >= 0.6 is 0 Å². The Morgan fingerprint density at radius 3 is 2.58 bits per heavy atom. The molecule has 1 heterocycles. The van der Waals surface area contributed by atoms with Crippen LogP contribution in [0.4, 0.5) is 0 Å². The average Bonchev–Trinajstić information content (AvgIpc) is 2.39. The van der Waals surface area contributed by atoms with Crippen LogP contribution in [0, 0.1) is 11.3 Å². The predicted octanol–water partition coefficient (Wildman–Crippen LogP) is 0.607. The standard InChI is InChI=1S/C13H26N4O2/c1-13(2,11(14)16-19)12(18)15-7-4-10-5-8-17(3)9-6-10/h10,19H,4-9H2,1-3H3,(H2,14,16)(H,15,18). The van der Waals surface area contributed by atoms with Crippen molar-refractivity contribution in [1.29, 1.82) is 0 Å². The molecule has 0 aromatic rings. The molecule has 0 spiro atoms. The minimum absolute atomic E-state index is 0.0655. The van der Waals surface area contributed by atoms with Crippen LogP contribution in [0.2, 0.25) is 0 Å². The van der Waals surface area contributed by atoms with Gasteiger partial charge in [0.05, 0.1) is 0 Å². The molecular formula is C13H26N4O2. The van der Waals surface area contributed by atoms with Gasteiger partial charge in [-0.3, -0.25) is 4.79 Å². The summed E-state index contributed by atoms with van der Waals surface area (Å²) >= 11 is 0. The zero-order chi connectivity index (χ0) is 14.5. The zero-order valence-corrected chi connectivity index (χ0v) is 12.1. The smallest absolute Gasteiger partial charge is 0.233 e. The topological polar surface area (TPSA) is 91.0 Å². The highest BCUT2D eigenvalue weighted by atomic mass is 16.4. The van der Waals surface area contributed by atoms with E-state index in [9.17, 15) is 4.79 Å². The number of amidine groups is 1. The van der Waals surface area contributed by atoms with Crippen molar-refractivity contribution in [2.75, 3.05) is 26.7 Å². The molecule has 6 nitrogen and oxygen atoms in total. The van der Waals surface area contributed by atoms with Gasteiger partial charge in [-0.15, -0.1) is 0 Å².